The highest BCUT2D eigenvalue weighted by molar-refractivity contribution is 7.98. The topological polar surface area (TPSA) is 58.2 Å². The van der Waals surface area contributed by atoms with Gasteiger partial charge in [0.1, 0.15) is 6.04 Å². The molecule has 3 aromatic carbocycles. The van der Waals surface area contributed by atoms with Crippen molar-refractivity contribution in [1.29, 1.82) is 0 Å². The molecule has 0 fully saturated rings. The molecule has 0 aliphatic carbocycles. The second-order valence-corrected chi connectivity index (χ2v) is 8.02. The van der Waals surface area contributed by atoms with Crippen molar-refractivity contribution < 1.29 is 9.59 Å². The van der Waals surface area contributed by atoms with Gasteiger partial charge in [0.15, 0.2) is 0 Å². The molecule has 0 aliphatic heterocycles. The molecule has 2 N–H and O–H groups in total. The minimum Gasteiger partial charge on any atom is -0.353 e. The fourth-order valence-corrected chi connectivity index (χ4v) is 3.84. The maximum atomic E-state index is 12.8. The fraction of sp³-hybridized carbons (Fsp3) is 0.200. The van der Waals surface area contributed by atoms with Gasteiger partial charge < -0.3 is 10.6 Å². The first kappa shape index (κ1) is 21.7. The molecule has 3 aromatic rings. The van der Waals surface area contributed by atoms with Crippen molar-refractivity contribution in [3.05, 3.63) is 108 Å². The quantitative estimate of drug-likeness (QED) is 0.488. The standard InChI is InChI=1S/C25H26N2O2S/c28-24(22-14-8-3-9-15-22)27-23(18-20-10-4-1-5-11-20)25(29)26-16-17-30-19-21-12-6-2-7-13-21/h1-15,23H,16-19H2,(H,26,29)(H,27,28)/t23-/m1/s1. The molecule has 1 atom stereocenters. The zero-order valence-corrected chi connectivity index (χ0v) is 17.6. The Morgan fingerprint density at radius 2 is 1.33 bits per heavy atom. The minimum atomic E-state index is -0.626. The van der Waals surface area contributed by atoms with Crippen LogP contribution in [0.3, 0.4) is 0 Å². The largest absolute Gasteiger partial charge is 0.353 e. The minimum absolute atomic E-state index is 0.163. The van der Waals surface area contributed by atoms with Crippen LogP contribution in [0, 0.1) is 0 Å². The highest BCUT2D eigenvalue weighted by atomic mass is 32.2. The highest BCUT2D eigenvalue weighted by Crippen LogP contribution is 2.11. The lowest BCUT2D eigenvalue weighted by atomic mass is 10.0. The van der Waals surface area contributed by atoms with Crippen LogP contribution in [0.4, 0.5) is 0 Å². The Bertz CT molecular complexity index is 918. The summed E-state index contributed by atoms with van der Waals surface area (Å²) in [5.41, 5.74) is 2.82. The molecule has 0 bridgehead atoms. The summed E-state index contributed by atoms with van der Waals surface area (Å²) in [5, 5.41) is 5.86. The van der Waals surface area contributed by atoms with Gasteiger partial charge in [-0.25, -0.2) is 0 Å². The van der Waals surface area contributed by atoms with Crippen molar-refractivity contribution in [2.24, 2.45) is 0 Å². The Morgan fingerprint density at radius 3 is 1.97 bits per heavy atom. The number of nitrogens with one attached hydrogen (secondary N) is 2. The third-order valence-corrected chi connectivity index (χ3v) is 5.63. The van der Waals surface area contributed by atoms with Crippen LogP contribution in [0.2, 0.25) is 0 Å². The second-order valence-electron chi connectivity index (χ2n) is 6.91. The predicted octanol–water partition coefficient (Wildman–Crippen LogP) is 4.08. The molecule has 0 spiro atoms. The Balaban J connectivity index is 1.53. The average Bonchev–Trinajstić information content (AvgIpc) is 2.80. The van der Waals surface area contributed by atoms with E-state index >= 15 is 0 Å². The van der Waals surface area contributed by atoms with Gasteiger partial charge in [-0.05, 0) is 23.3 Å². The normalized spacial score (nSPS) is 11.5. The lowest BCUT2D eigenvalue weighted by Crippen LogP contribution is -2.48. The number of carbonyl (C=O) groups is 2. The van der Waals surface area contributed by atoms with E-state index in [2.05, 4.69) is 22.8 Å². The van der Waals surface area contributed by atoms with Gasteiger partial charge in [-0.2, -0.15) is 11.8 Å². The number of benzene rings is 3. The van der Waals surface area contributed by atoms with Crippen molar-refractivity contribution in [3.63, 3.8) is 0 Å². The first-order chi connectivity index (χ1) is 14.7. The predicted molar refractivity (Wildman–Crippen MR) is 123 cm³/mol. The van der Waals surface area contributed by atoms with Crippen LogP contribution in [-0.2, 0) is 17.0 Å². The van der Waals surface area contributed by atoms with Crippen molar-refractivity contribution in [3.8, 4) is 0 Å². The van der Waals surface area contributed by atoms with Crippen LogP contribution in [0.15, 0.2) is 91.0 Å². The van der Waals surface area contributed by atoms with Gasteiger partial charge in [-0.15, -0.1) is 0 Å². The van der Waals surface area contributed by atoms with Gasteiger partial charge in [-0.1, -0.05) is 78.9 Å². The lowest BCUT2D eigenvalue weighted by molar-refractivity contribution is -0.122. The average molecular weight is 419 g/mol. The second kappa shape index (κ2) is 11.8. The van der Waals surface area contributed by atoms with Crippen molar-refractivity contribution in [2.75, 3.05) is 12.3 Å². The molecule has 4 nitrogen and oxygen atoms in total. The number of amides is 2. The van der Waals surface area contributed by atoms with Crippen LogP contribution in [0.5, 0.6) is 0 Å². The number of rotatable bonds is 10. The summed E-state index contributed by atoms with van der Waals surface area (Å²) in [6, 6.07) is 28.3. The molecule has 0 saturated carbocycles. The highest BCUT2D eigenvalue weighted by Gasteiger charge is 2.21. The zero-order valence-electron chi connectivity index (χ0n) is 16.8. The Morgan fingerprint density at radius 1 is 0.767 bits per heavy atom. The first-order valence-corrected chi connectivity index (χ1v) is 11.2. The molecule has 0 radical (unpaired) electrons. The third-order valence-electron chi connectivity index (χ3n) is 4.60. The van der Waals surface area contributed by atoms with E-state index in [-0.39, 0.29) is 11.8 Å². The van der Waals surface area contributed by atoms with E-state index in [0.717, 1.165) is 17.1 Å². The van der Waals surface area contributed by atoms with Crippen LogP contribution in [-0.4, -0.2) is 30.2 Å². The molecule has 30 heavy (non-hydrogen) atoms. The Hall–Kier alpha value is -3.05. The molecule has 0 aromatic heterocycles. The maximum absolute atomic E-state index is 12.8. The van der Waals surface area contributed by atoms with Crippen molar-refractivity contribution >= 4 is 23.6 Å². The summed E-state index contributed by atoms with van der Waals surface area (Å²) >= 11 is 1.77. The molecule has 0 unspecified atom stereocenters. The number of hydrogen-bond donors (Lipinski definition) is 2. The summed E-state index contributed by atoms with van der Waals surface area (Å²) < 4.78 is 0. The van der Waals surface area contributed by atoms with Gasteiger partial charge in [0, 0.05) is 30.0 Å². The summed E-state index contributed by atoms with van der Waals surface area (Å²) in [6.45, 7) is 0.558. The van der Waals surface area contributed by atoms with Crippen molar-refractivity contribution in [2.45, 2.75) is 18.2 Å². The van der Waals surface area contributed by atoms with E-state index in [1.54, 1.807) is 23.9 Å². The van der Waals surface area contributed by atoms with Gasteiger partial charge in [-0.3, -0.25) is 9.59 Å². The van der Waals surface area contributed by atoms with Gasteiger partial charge >= 0.3 is 0 Å². The summed E-state index contributed by atoms with van der Waals surface area (Å²) in [6.07, 6.45) is 0.447. The van der Waals surface area contributed by atoms with E-state index in [1.807, 2.05) is 66.7 Å². The van der Waals surface area contributed by atoms with Crippen LogP contribution >= 0.6 is 11.8 Å². The first-order valence-electron chi connectivity index (χ1n) is 10.0. The van der Waals surface area contributed by atoms with E-state index in [4.69, 9.17) is 0 Å². The zero-order chi connectivity index (χ0) is 21.0. The SMILES string of the molecule is O=C(N[C@H](Cc1ccccc1)C(=O)NCCSCc1ccccc1)c1ccccc1. The molecule has 2 amide bonds. The summed E-state index contributed by atoms with van der Waals surface area (Å²) in [7, 11) is 0. The van der Waals surface area contributed by atoms with E-state index in [1.165, 1.54) is 5.56 Å². The van der Waals surface area contributed by atoms with Crippen molar-refractivity contribution in [1.82, 2.24) is 10.6 Å². The molecule has 154 valence electrons. The maximum Gasteiger partial charge on any atom is 0.251 e. The van der Waals surface area contributed by atoms with Gasteiger partial charge in [0.05, 0.1) is 0 Å². The monoisotopic (exact) mass is 418 g/mol. The molecule has 3 rings (SSSR count). The molecule has 0 saturated heterocycles. The van der Waals surface area contributed by atoms with E-state index in [9.17, 15) is 9.59 Å². The fourth-order valence-electron chi connectivity index (χ4n) is 3.02. The van der Waals surface area contributed by atoms with Crippen LogP contribution in [0.25, 0.3) is 0 Å². The number of thioether (sulfide) groups is 1. The molecule has 0 aliphatic rings. The number of hydrogen-bond acceptors (Lipinski definition) is 3. The Labute approximate surface area is 182 Å². The smallest absolute Gasteiger partial charge is 0.251 e. The lowest BCUT2D eigenvalue weighted by Gasteiger charge is -2.19. The van der Waals surface area contributed by atoms with Crippen LogP contribution in [0.1, 0.15) is 21.5 Å². The molecular formula is C25H26N2O2S. The summed E-state index contributed by atoms with van der Waals surface area (Å²) in [5.74, 6) is 1.31. The van der Waals surface area contributed by atoms with Gasteiger partial charge in [0.25, 0.3) is 5.91 Å². The molecule has 0 heterocycles. The third kappa shape index (κ3) is 7.08. The van der Waals surface area contributed by atoms with E-state index in [0.29, 0.717) is 18.5 Å². The van der Waals surface area contributed by atoms with E-state index < -0.39 is 6.04 Å². The Kier molecular flexibility index (Phi) is 8.54. The van der Waals surface area contributed by atoms with Crippen LogP contribution < -0.4 is 10.6 Å². The molecular weight excluding hydrogens is 392 g/mol. The van der Waals surface area contributed by atoms with Gasteiger partial charge in [0.2, 0.25) is 5.91 Å². The number of carbonyl (C=O) groups excluding carboxylic acids is 2. The molecule has 5 heteroatoms. The summed E-state index contributed by atoms with van der Waals surface area (Å²) in [4.78, 5) is 25.4.